The fourth-order valence-electron chi connectivity index (χ4n) is 2.18. The largest absolute Gasteiger partial charge is 0.384 e. The number of aliphatic hydroxyl groups is 1. The number of aliphatic hydroxyl groups excluding tert-OH is 1. The molecule has 0 fully saturated rings. The molecule has 72 valence electrons. The van der Waals surface area contributed by atoms with Crippen molar-refractivity contribution >= 4 is 0 Å². The third-order valence-corrected chi connectivity index (χ3v) is 2.86. The van der Waals surface area contributed by atoms with E-state index in [1.807, 2.05) is 12.2 Å². The van der Waals surface area contributed by atoms with Crippen molar-refractivity contribution in [1.82, 2.24) is 0 Å². The fourth-order valence-corrected chi connectivity index (χ4v) is 2.18. The van der Waals surface area contributed by atoms with E-state index in [1.165, 1.54) is 5.57 Å². The highest BCUT2D eigenvalue weighted by atomic mass is 16.3. The molecule has 0 bridgehead atoms. The summed E-state index contributed by atoms with van der Waals surface area (Å²) in [4.78, 5) is 0. The van der Waals surface area contributed by atoms with Crippen LogP contribution in [-0.2, 0) is 0 Å². The molecule has 0 aliphatic heterocycles. The first-order valence-electron chi connectivity index (χ1n) is 4.86. The predicted octanol–water partition coefficient (Wildman–Crippen LogP) is 2.68. The predicted molar refractivity (Wildman–Crippen MR) is 58.8 cm³/mol. The monoisotopic (exact) mass is 186 g/mol. The molecule has 0 spiro atoms. The van der Waals surface area contributed by atoms with Crippen molar-refractivity contribution in [3.8, 4) is 0 Å². The second-order valence-electron chi connectivity index (χ2n) is 3.55. The zero-order valence-corrected chi connectivity index (χ0v) is 8.16. The second kappa shape index (κ2) is 3.43. The van der Waals surface area contributed by atoms with Crippen LogP contribution >= 0.6 is 0 Å². The van der Waals surface area contributed by atoms with Crippen molar-refractivity contribution in [3.05, 3.63) is 59.8 Å². The van der Waals surface area contributed by atoms with Gasteiger partial charge in [0, 0.05) is 0 Å². The third kappa shape index (κ3) is 1.13. The topological polar surface area (TPSA) is 20.2 Å². The number of hydrogen-bond donors (Lipinski definition) is 1. The Kier molecular flexibility index (Phi) is 2.26. The summed E-state index contributed by atoms with van der Waals surface area (Å²) in [6.45, 7) is 7.52. The molecule has 1 heteroatoms. The van der Waals surface area contributed by atoms with Crippen molar-refractivity contribution in [2.45, 2.75) is 18.9 Å². The van der Waals surface area contributed by atoms with E-state index in [2.05, 4.69) is 19.2 Å². The van der Waals surface area contributed by atoms with Crippen LogP contribution in [0.1, 0.15) is 12.8 Å². The van der Waals surface area contributed by atoms with Crippen LogP contribution in [0.2, 0.25) is 0 Å². The summed E-state index contributed by atoms with van der Waals surface area (Å²) in [6.07, 6.45) is 9.23. The van der Waals surface area contributed by atoms with Gasteiger partial charge >= 0.3 is 0 Å². The van der Waals surface area contributed by atoms with Crippen molar-refractivity contribution in [2.24, 2.45) is 0 Å². The summed E-state index contributed by atoms with van der Waals surface area (Å²) < 4.78 is 0. The lowest BCUT2D eigenvalue weighted by Gasteiger charge is -2.11. The number of hydrogen-bond acceptors (Lipinski definition) is 1. The van der Waals surface area contributed by atoms with Crippen LogP contribution in [0.4, 0.5) is 0 Å². The van der Waals surface area contributed by atoms with Gasteiger partial charge in [-0.1, -0.05) is 37.5 Å². The highest BCUT2D eigenvalue weighted by molar-refractivity contribution is 5.62. The van der Waals surface area contributed by atoms with Crippen LogP contribution < -0.4 is 0 Å². The molecular weight excluding hydrogens is 172 g/mol. The Morgan fingerprint density at radius 3 is 2.79 bits per heavy atom. The quantitative estimate of drug-likeness (QED) is 0.703. The maximum absolute atomic E-state index is 10.00. The smallest absolute Gasteiger partial charge is 0.105 e. The molecule has 0 radical (unpaired) electrons. The van der Waals surface area contributed by atoms with E-state index in [0.717, 1.165) is 29.6 Å². The Hall–Kier alpha value is -1.34. The molecule has 0 heterocycles. The van der Waals surface area contributed by atoms with E-state index in [4.69, 9.17) is 0 Å². The van der Waals surface area contributed by atoms with Crippen LogP contribution in [0, 0.1) is 0 Å². The highest BCUT2D eigenvalue weighted by Crippen LogP contribution is 2.39. The van der Waals surface area contributed by atoms with Gasteiger partial charge in [-0.3, -0.25) is 0 Å². The summed E-state index contributed by atoms with van der Waals surface area (Å²) in [5.41, 5.74) is 4.24. The maximum atomic E-state index is 10.00. The Labute approximate surface area is 84.5 Å². The van der Waals surface area contributed by atoms with E-state index in [0.29, 0.717) is 0 Å². The molecule has 1 atom stereocenters. The first kappa shape index (κ1) is 9.22. The van der Waals surface area contributed by atoms with Gasteiger partial charge in [0.15, 0.2) is 0 Å². The third-order valence-electron chi connectivity index (χ3n) is 2.86. The minimum absolute atomic E-state index is 0.493. The Balaban J connectivity index is 2.53. The van der Waals surface area contributed by atoms with E-state index in [1.54, 1.807) is 6.08 Å². The van der Waals surface area contributed by atoms with Crippen molar-refractivity contribution in [3.63, 3.8) is 0 Å². The number of allylic oxidation sites excluding steroid dienone is 4. The first-order valence-corrected chi connectivity index (χ1v) is 4.86. The molecule has 0 aromatic rings. The molecule has 2 aliphatic rings. The van der Waals surface area contributed by atoms with Gasteiger partial charge in [0.1, 0.15) is 6.10 Å². The van der Waals surface area contributed by atoms with Crippen molar-refractivity contribution in [1.29, 1.82) is 0 Å². The molecule has 14 heavy (non-hydrogen) atoms. The molecule has 0 saturated heterocycles. The average molecular weight is 186 g/mol. The fraction of sp³-hybridized carbons (Fsp3) is 0.231. The van der Waals surface area contributed by atoms with Gasteiger partial charge in [-0.25, -0.2) is 0 Å². The lowest BCUT2D eigenvalue weighted by atomic mass is 9.95. The van der Waals surface area contributed by atoms with Crippen LogP contribution in [0.5, 0.6) is 0 Å². The average Bonchev–Trinajstić information content (AvgIpc) is 2.51. The lowest BCUT2D eigenvalue weighted by molar-refractivity contribution is 0.256. The van der Waals surface area contributed by atoms with Gasteiger partial charge in [0.25, 0.3) is 0 Å². The molecule has 1 unspecified atom stereocenters. The Morgan fingerprint density at radius 2 is 2.14 bits per heavy atom. The minimum atomic E-state index is -0.493. The minimum Gasteiger partial charge on any atom is -0.384 e. The second-order valence-corrected chi connectivity index (χ2v) is 3.55. The van der Waals surface area contributed by atoms with Gasteiger partial charge in [0.2, 0.25) is 0 Å². The molecular formula is C13H14O. The van der Waals surface area contributed by atoms with E-state index in [-0.39, 0.29) is 0 Å². The number of rotatable bonds is 2. The standard InChI is InChI=1S/C13H14O/c1-3-9-10(4-2)13(14)12-8-6-5-7-11(9)12/h3-4,6,8,13-14H,1-2,5,7H2. The van der Waals surface area contributed by atoms with Crippen LogP contribution in [0.25, 0.3) is 0 Å². The van der Waals surface area contributed by atoms with Crippen molar-refractivity contribution in [2.75, 3.05) is 0 Å². The van der Waals surface area contributed by atoms with Crippen LogP contribution in [-0.4, -0.2) is 11.2 Å². The first-order chi connectivity index (χ1) is 6.79. The Morgan fingerprint density at radius 1 is 1.36 bits per heavy atom. The molecule has 0 amide bonds. The maximum Gasteiger partial charge on any atom is 0.105 e. The van der Waals surface area contributed by atoms with E-state index >= 15 is 0 Å². The van der Waals surface area contributed by atoms with Gasteiger partial charge in [-0.15, -0.1) is 0 Å². The summed E-state index contributed by atoms with van der Waals surface area (Å²) in [6, 6.07) is 0. The molecule has 0 aromatic carbocycles. The van der Waals surface area contributed by atoms with E-state index in [9.17, 15) is 5.11 Å². The lowest BCUT2D eigenvalue weighted by Crippen LogP contribution is -2.08. The zero-order chi connectivity index (χ0) is 10.1. The molecule has 0 aromatic heterocycles. The van der Waals surface area contributed by atoms with Crippen LogP contribution in [0.15, 0.2) is 59.8 Å². The Bertz CT molecular complexity index is 380. The normalized spacial score (nSPS) is 25.4. The van der Waals surface area contributed by atoms with Crippen LogP contribution in [0.3, 0.4) is 0 Å². The summed E-state index contributed by atoms with van der Waals surface area (Å²) in [7, 11) is 0. The molecule has 0 saturated carbocycles. The highest BCUT2D eigenvalue weighted by Gasteiger charge is 2.28. The van der Waals surface area contributed by atoms with Gasteiger partial charge < -0.3 is 5.11 Å². The van der Waals surface area contributed by atoms with Gasteiger partial charge in [-0.05, 0) is 35.1 Å². The summed E-state index contributed by atoms with van der Waals surface area (Å²) in [5.74, 6) is 0. The summed E-state index contributed by atoms with van der Waals surface area (Å²) >= 11 is 0. The van der Waals surface area contributed by atoms with Crippen molar-refractivity contribution < 1.29 is 5.11 Å². The molecule has 1 N–H and O–H groups in total. The molecule has 2 rings (SSSR count). The van der Waals surface area contributed by atoms with Gasteiger partial charge in [0.05, 0.1) is 0 Å². The molecule has 2 aliphatic carbocycles. The SMILES string of the molecule is C=CC1=C(C=C)C(O)C2=C1CCC=C2. The summed E-state index contributed by atoms with van der Waals surface area (Å²) in [5, 5.41) is 10.00. The van der Waals surface area contributed by atoms with E-state index < -0.39 is 6.10 Å². The zero-order valence-electron chi connectivity index (χ0n) is 8.16. The van der Waals surface area contributed by atoms with Gasteiger partial charge in [-0.2, -0.15) is 0 Å². The molecule has 1 nitrogen and oxygen atoms in total.